The first-order valence-electron chi connectivity index (χ1n) is 13.9. The Morgan fingerprint density at radius 1 is 1.15 bits per heavy atom. The molecule has 0 saturated heterocycles. The molecule has 2 heterocycles. The van der Waals surface area contributed by atoms with Crippen LogP contribution in [-0.4, -0.2) is 58.9 Å². The van der Waals surface area contributed by atoms with Crippen molar-refractivity contribution in [3.8, 4) is 11.1 Å². The third kappa shape index (κ3) is 9.75. The fraction of sp³-hybridized carbons (Fsp3) is 0.333. The molecule has 2 aromatic carbocycles. The van der Waals surface area contributed by atoms with Gasteiger partial charge in [0.25, 0.3) is 5.91 Å². The van der Waals surface area contributed by atoms with Gasteiger partial charge in [-0.3, -0.25) is 14.7 Å². The number of aromatic nitrogens is 2. The van der Waals surface area contributed by atoms with Gasteiger partial charge in [0.05, 0.1) is 22.9 Å². The van der Waals surface area contributed by atoms with Gasteiger partial charge >= 0.3 is 19.2 Å². The summed E-state index contributed by atoms with van der Waals surface area (Å²) in [6, 6.07) is 7.98. The number of guanidine groups is 1. The Morgan fingerprint density at radius 3 is 2.32 bits per heavy atom. The number of carbonyl (C=O) groups excluding carboxylic acids is 2. The summed E-state index contributed by atoms with van der Waals surface area (Å²) >= 11 is 6.17. The lowest BCUT2D eigenvalue weighted by molar-refractivity contribution is -0.129. The molecule has 0 bridgehead atoms. The number of benzene rings is 2. The number of nitrogens with zero attached hydrogens (tertiary/aromatic N) is 7. The molecule has 4 N–H and O–H groups in total. The molecule has 0 unspecified atom stereocenters. The zero-order valence-corrected chi connectivity index (χ0v) is 26.7. The van der Waals surface area contributed by atoms with E-state index in [4.69, 9.17) is 27.8 Å². The second-order valence-electron chi connectivity index (χ2n) is 11.6. The fourth-order valence-electron chi connectivity index (χ4n) is 4.18. The average molecular weight is 680 g/mol. The second kappa shape index (κ2) is 15.5. The van der Waals surface area contributed by atoms with Gasteiger partial charge in [-0.2, -0.15) is 27.8 Å². The lowest BCUT2D eigenvalue weighted by Crippen LogP contribution is -2.43. The van der Waals surface area contributed by atoms with Crippen LogP contribution in [0.5, 0.6) is 0 Å². The van der Waals surface area contributed by atoms with Gasteiger partial charge in [-0.05, 0) is 41.0 Å². The van der Waals surface area contributed by atoms with Crippen molar-refractivity contribution in [2.24, 2.45) is 32.0 Å². The third-order valence-electron chi connectivity index (χ3n) is 6.08. The van der Waals surface area contributed by atoms with Gasteiger partial charge in [0.1, 0.15) is 12.9 Å². The van der Waals surface area contributed by atoms with Crippen molar-refractivity contribution in [3.05, 3.63) is 71.0 Å². The molecule has 1 aliphatic heterocycles. The predicted octanol–water partition coefficient (Wildman–Crippen LogP) is 6.36. The quantitative estimate of drug-likeness (QED) is 0.0790. The maximum absolute atomic E-state index is 13.8. The molecular formula is C30H34ClF4N9O3. The van der Waals surface area contributed by atoms with Gasteiger partial charge in [-0.15, -0.1) is 0 Å². The van der Waals surface area contributed by atoms with E-state index >= 15 is 0 Å². The topological polar surface area (TPSA) is 157 Å². The molecule has 0 aliphatic carbocycles. The van der Waals surface area contributed by atoms with E-state index in [0.29, 0.717) is 26.8 Å². The van der Waals surface area contributed by atoms with E-state index in [1.807, 2.05) is 0 Å². The monoisotopic (exact) mass is 679 g/mol. The Kier molecular flexibility index (Phi) is 12.1. The maximum Gasteiger partial charge on any atom is 0.404 e. The Morgan fingerprint density at radius 2 is 1.79 bits per heavy atom. The standard InChI is InChI=1S/C25H22ClF4N9O3.C5H12/c1-33-12-35-39(23(29)30)18-8-15(6-7-17(18)26)19(11-42-25(32)41)38-21(40)20(36-24(38)31)14-4-2-13(3-5-14)16-9-34-37(10-16)22(27)28;1-5(2,3)4/h2-10,12,19-20,22-23H,1,11H2,(H2,31,36)(H2,32,41);1-4H3/b35-12-;/t19-,20-;/m1./s1. The highest BCUT2D eigenvalue weighted by atomic mass is 35.5. The minimum atomic E-state index is -3.13. The third-order valence-corrected chi connectivity index (χ3v) is 6.40. The molecule has 0 radical (unpaired) electrons. The van der Waals surface area contributed by atoms with Crippen molar-refractivity contribution in [1.29, 1.82) is 0 Å². The van der Waals surface area contributed by atoms with Crippen LogP contribution < -0.4 is 16.5 Å². The minimum Gasteiger partial charge on any atom is -0.447 e. The lowest BCUT2D eigenvalue weighted by Gasteiger charge is -2.29. The van der Waals surface area contributed by atoms with Gasteiger partial charge < -0.3 is 16.2 Å². The molecule has 17 heteroatoms. The van der Waals surface area contributed by atoms with Crippen molar-refractivity contribution in [3.63, 3.8) is 0 Å². The summed E-state index contributed by atoms with van der Waals surface area (Å²) in [7, 11) is 0. The highest BCUT2D eigenvalue weighted by Crippen LogP contribution is 2.37. The van der Waals surface area contributed by atoms with Crippen molar-refractivity contribution in [1.82, 2.24) is 14.7 Å². The smallest absolute Gasteiger partial charge is 0.404 e. The summed E-state index contributed by atoms with van der Waals surface area (Å²) in [5.41, 5.74) is 13.1. The van der Waals surface area contributed by atoms with E-state index in [1.165, 1.54) is 30.6 Å². The number of anilines is 1. The van der Waals surface area contributed by atoms with E-state index < -0.39 is 43.8 Å². The highest BCUT2D eigenvalue weighted by Gasteiger charge is 2.40. The normalized spacial score (nSPS) is 15.5. The van der Waals surface area contributed by atoms with Gasteiger partial charge in [-0.25, -0.2) is 19.5 Å². The number of rotatable bonds is 11. The second-order valence-corrected chi connectivity index (χ2v) is 12.0. The van der Waals surface area contributed by atoms with Crippen LogP contribution in [0.1, 0.15) is 57.5 Å². The first-order chi connectivity index (χ1) is 22.0. The van der Waals surface area contributed by atoms with Crippen molar-refractivity contribution >= 4 is 48.3 Å². The number of hydrogen-bond donors (Lipinski definition) is 2. The van der Waals surface area contributed by atoms with Crippen LogP contribution in [0.15, 0.2) is 69.9 Å². The lowest BCUT2D eigenvalue weighted by atomic mass is 10.0. The highest BCUT2D eigenvalue weighted by molar-refractivity contribution is 6.33. The summed E-state index contributed by atoms with van der Waals surface area (Å²) < 4.78 is 58.8. The number of primary amides is 1. The molecular weight excluding hydrogens is 646 g/mol. The minimum absolute atomic E-state index is 0.110. The van der Waals surface area contributed by atoms with Crippen LogP contribution in [-0.2, 0) is 9.53 Å². The molecule has 0 spiro atoms. The van der Waals surface area contributed by atoms with Crippen LogP contribution >= 0.6 is 11.6 Å². The molecule has 0 saturated carbocycles. The van der Waals surface area contributed by atoms with Crippen LogP contribution in [0, 0.1) is 5.41 Å². The molecule has 2 atom stereocenters. The van der Waals surface area contributed by atoms with Crippen LogP contribution in [0.3, 0.4) is 0 Å². The van der Waals surface area contributed by atoms with Crippen molar-refractivity contribution in [2.45, 2.75) is 52.9 Å². The summed E-state index contributed by atoms with van der Waals surface area (Å²) in [6.07, 6.45) is 2.08. The van der Waals surface area contributed by atoms with Crippen LogP contribution in [0.2, 0.25) is 5.02 Å². The van der Waals surface area contributed by atoms with E-state index in [9.17, 15) is 27.2 Å². The number of ether oxygens (including phenoxy) is 1. The summed E-state index contributed by atoms with van der Waals surface area (Å²) in [5, 5.41) is 7.31. The SMILES string of the molecule is C=N/C=N\N(c1cc([C@@H](COC(N)=O)N2C(=O)[C@@H](c3ccc(-c4cnn(C(F)F)c4)cc3)N=C2N)ccc1Cl)C(F)F.CC(C)(C)C. The van der Waals surface area contributed by atoms with Crippen molar-refractivity contribution < 1.29 is 31.9 Å². The Bertz CT molecular complexity index is 1620. The molecule has 3 aromatic rings. The van der Waals surface area contributed by atoms with E-state index in [1.54, 1.807) is 24.3 Å². The van der Waals surface area contributed by atoms with E-state index in [2.05, 4.69) is 54.6 Å². The molecule has 12 nitrogen and oxygen atoms in total. The Labute approximate surface area is 273 Å². The number of nitrogens with two attached hydrogens (primary N) is 2. The summed E-state index contributed by atoms with van der Waals surface area (Å²) in [4.78, 5) is 33.7. The Hall–Kier alpha value is -4.99. The number of aliphatic imine (C=N–C) groups is 2. The molecule has 2 amide bonds. The summed E-state index contributed by atoms with van der Waals surface area (Å²) in [6.45, 7) is 5.47. The van der Waals surface area contributed by atoms with Gasteiger partial charge in [0, 0.05) is 11.8 Å². The van der Waals surface area contributed by atoms with Gasteiger partial charge in [-0.1, -0.05) is 69.6 Å². The Balaban J connectivity index is 0.00000111. The number of hydrazone groups is 1. The molecule has 47 heavy (non-hydrogen) atoms. The fourth-order valence-corrected chi connectivity index (χ4v) is 4.38. The molecule has 4 rings (SSSR count). The van der Waals surface area contributed by atoms with Crippen LogP contribution in [0.25, 0.3) is 11.1 Å². The number of hydrogen-bond acceptors (Lipinski definition) is 8. The molecule has 0 fully saturated rings. The molecule has 252 valence electrons. The largest absolute Gasteiger partial charge is 0.447 e. The van der Waals surface area contributed by atoms with Crippen LogP contribution in [0.4, 0.5) is 28.0 Å². The summed E-state index contributed by atoms with van der Waals surface area (Å²) in [5.74, 6) is -0.874. The number of halogens is 5. The predicted molar refractivity (Wildman–Crippen MR) is 172 cm³/mol. The first-order valence-corrected chi connectivity index (χ1v) is 14.3. The molecule has 1 aliphatic rings. The maximum atomic E-state index is 13.8. The number of alkyl halides is 4. The van der Waals surface area contributed by atoms with Crippen molar-refractivity contribution in [2.75, 3.05) is 11.6 Å². The molecule has 1 aromatic heterocycles. The zero-order chi connectivity index (χ0) is 35.1. The van der Waals surface area contributed by atoms with E-state index in [0.717, 1.165) is 11.2 Å². The van der Waals surface area contributed by atoms with Gasteiger partial charge in [0.2, 0.25) is 0 Å². The zero-order valence-electron chi connectivity index (χ0n) is 25.9. The number of carbonyl (C=O) groups is 2. The van der Waals surface area contributed by atoms with Gasteiger partial charge in [0.15, 0.2) is 12.0 Å². The number of amides is 2. The first kappa shape index (κ1) is 36.5. The van der Waals surface area contributed by atoms with E-state index in [-0.39, 0.29) is 27.2 Å². The average Bonchev–Trinajstić information content (AvgIpc) is 3.59.